The van der Waals surface area contributed by atoms with Crippen molar-refractivity contribution in [1.82, 2.24) is 9.97 Å². The number of anilines is 1. The number of nitrogens with zero attached hydrogens (tertiary/aromatic N) is 3. The molecule has 0 spiro atoms. The Morgan fingerprint density at radius 3 is 2.60 bits per heavy atom. The zero-order valence-corrected chi connectivity index (χ0v) is 10.8. The van der Waals surface area contributed by atoms with E-state index in [-0.39, 0.29) is 17.2 Å². The molecule has 0 amide bonds. The first-order valence-corrected chi connectivity index (χ1v) is 6.12. The van der Waals surface area contributed by atoms with Crippen molar-refractivity contribution >= 4 is 11.5 Å². The van der Waals surface area contributed by atoms with Gasteiger partial charge in [0, 0.05) is 12.1 Å². The molecule has 104 valence electrons. The number of rotatable bonds is 5. The Labute approximate surface area is 114 Å². The molecular weight excluding hydrogens is 263 g/mol. The van der Waals surface area contributed by atoms with E-state index in [1.54, 1.807) is 0 Å². The van der Waals surface area contributed by atoms with Crippen LogP contribution in [0.15, 0.2) is 30.6 Å². The van der Waals surface area contributed by atoms with Gasteiger partial charge in [-0.1, -0.05) is 6.92 Å². The van der Waals surface area contributed by atoms with Crippen molar-refractivity contribution in [1.29, 1.82) is 0 Å². The molecular formula is C13H13FN4O2. The molecule has 1 aromatic heterocycles. The highest BCUT2D eigenvalue weighted by Crippen LogP contribution is 2.32. The van der Waals surface area contributed by atoms with Gasteiger partial charge in [-0.15, -0.1) is 0 Å². The molecule has 1 heterocycles. The van der Waals surface area contributed by atoms with Gasteiger partial charge in [0.15, 0.2) is 5.69 Å². The molecule has 0 saturated carbocycles. The summed E-state index contributed by atoms with van der Waals surface area (Å²) in [7, 11) is 0. The Morgan fingerprint density at radius 1 is 1.30 bits per heavy atom. The standard InChI is InChI=1S/C13H13FN4O2/c1-2-7-15-13-12(18(19)20)11(16-8-17-13)9-3-5-10(14)6-4-9/h3-6,8H,2,7H2,1H3,(H,15,16,17). The van der Waals surface area contributed by atoms with E-state index in [4.69, 9.17) is 0 Å². The Kier molecular flexibility index (Phi) is 4.19. The minimum Gasteiger partial charge on any atom is -0.364 e. The van der Waals surface area contributed by atoms with Crippen LogP contribution in [-0.4, -0.2) is 21.4 Å². The van der Waals surface area contributed by atoms with Crippen LogP contribution in [0.5, 0.6) is 0 Å². The number of hydrogen-bond donors (Lipinski definition) is 1. The van der Waals surface area contributed by atoms with Crippen molar-refractivity contribution in [3.63, 3.8) is 0 Å². The third-order valence-corrected chi connectivity index (χ3v) is 2.66. The molecule has 1 N–H and O–H groups in total. The van der Waals surface area contributed by atoms with Crippen molar-refractivity contribution in [2.75, 3.05) is 11.9 Å². The Bertz CT molecular complexity index is 616. The van der Waals surface area contributed by atoms with Crippen molar-refractivity contribution in [3.8, 4) is 11.3 Å². The first kappa shape index (κ1) is 13.9. The zero-order chi connectivity index (χ0) is 14.5. The summed E-state index contributed by atoms with van der Waals surface area (Å²) in [5.41, 5.74) is 0.441. The van der Waals surface area contributed by atoms with E-state index in [0.717, 1.165) is 6.42 Å². The van der Waals surface area contributed by atoms with Gasteiger partial charge in [0.25, 0.3) is 0 Å². The first-order valence-electron chi connectivity index (χ1n) is 6.12. The fraction of sp³-hybridized carbons (Fsp3) is 0.231. The van der Waals surface area contributed by atoms with Gasteiger partial charge in [-0.25, -0.2) is 14.4 Å². The third-order valence-electron chi connectivity index (χ3n) is 2.66. The second-order valence-electron chi connectivity index (χ2n) is 4.11. The van der Waals surface area contributed by atoms with E-state index in [1.807, 2.05) is 6.92 Å². The molecule has 1 aromatic carbocycles. The first-order chi connectivity index (χ1) is 9.63. The lowest BCUT2D eigenvalue weighted by Crippen LogP contribution is -2.07. The Morgan fingerprint density at radius 2 is 2.00 bits per heavy atom. The second-order valence-corrected chi connectivity index (χ2v) is 4.11. The van der Waals surface area contributed by atoms with Crippen molar-refractivity contribution < 1.29 is 9.31 Å². The molecule has 0 fully saturated rings. The molecule has 20 heavy (non-hydrogen) atoms. The molecule has 0 radical (unpaired) electrons. The van der Waals surface area contributed by atoms with Gasteiger partial charge in [0.05, 0.1) is 4.92 Å². The predicted molar refractivity (Wildman–Crippen MR) is 72.9 cm³/mol. The fourth-order valence-electron chi connectivity index (χ4n) is 1.74. The normalized spacial score (nSPS) is 10.3. The van der Waals surface area contributed by atoms with Gasteiger partial charge in [0.1, 0.15) is 12.1 Å². The van der Waals surface area contributed by atoms with Crippen molar-refractivity contribution in [2.24, 2.45) is 0 Å². The topological polar surface area (TPSA) is 81.0 Å². The van der Waals surface area contributed by atoms with Crippen LogP contribution in [0.3, 0.4) is 0 Å². The minimum absolute atomic E-state index is 0.170. The highest BCUT2D eigenvalue weighted by molar-refractivity contribution is 5.76. The monoisotopic (exact) mass is 276 g/mol. The average Bonchev–Trinajstić information content (AvgIpc) is 2.45. The number of halogens is 1. The molecule has 0 saturated heterocycles. The van der Waals surface area contributed by atoms with Crippen LogP contribution in [0.1, 0.15) is 13.3 Å². The average molecular weight is 276 g/mol. The van der Waals surface area contributed by atoms with Crippen molar-refractivity contribution in [3.05, 3.63) is 46.5 Å². The summed E-state index contributed by atoms with van der Waals surface area (Å²) in [5.74, 6) is -0.235. The van der Waals surface area contributed by atoms with Gasteiger partial charge in [-0.3, -0.25) is 10.1 Å². The van der Waals surface area contributed by atoms with E-state index in [0.29, 0.717) is 12.1 Å². The Balaban J connectivity index is 2.51. The van der Waals surface area contributed by atoms with Gasteiger partial charge in [-0.05, 0) is 30.7 Å². The van der Waals surface area contributed by atoms with Crippen LogP contribution in [-0.2, 0) is 0 Å². The van der Waals surface area contributed by atoms with E-state index in [1.165, 1.54) is 30.6 Å². The zero-order valence-electron chi connectivity index (χ0n) is 10.8. The Hall–Kier alpha value is -2.57. The molecule has 2 rings (SSSR count). The highest BCUT2D eigenvalue weighted by atomic mass is 19.1. The van der Waals surface area contributed by atoms with Gasteiger partial charge in [0.2, 0.25) is 5.82 Å². The second kappa shape index (κ2) is 6.05. The highest BCUT2D eigenvalue weighted by Gasteiger charge is 2.23. The fourth-order valence-corrected chi connectivity index (χ4v) is 1.74. The van der Waals surface area contributed by atoms with E-state index >= 15 is 0 Å². The van der Waals surface area contributed by atoms with E-state index in [2.05, 4.69) is 15.3 Å². The number of benzene rings is 1. The van der Waals surface area contributed by atoms with Crippen molar-refractivity contribution in [2.45, 2.75) is 13.3 Å². The van der Waals surface area contributed by atoms with Gasteiger partial charge >= 0.3 is 5.69 Å². The summed E-state index contributed by atoms with van der Waals surface area (Å²) in [6, 6.07) is 5.38. The third kappa shape index (κ3) is 2.87. The summed E-state index contributed by atoms with van der Waals surface area (Å²) >= 11 is 0. The van der Waals surface area contributed by atoms with E-state index in [9.17, 15) is 14.5 Å². The summed E-state index contributed by atoms with van der Waals surface area (Å²) in [6.07, 6.45) is 2.07. The van der Waals surface area contributed by atoms with Gasteiger partial charge in [-0.2, -0.15) is 0 Å². The lowest BCUT2D eigenvalue weighted by atomic mass is 10.1. The van der Waals surface area contributed by atoms with Crippen LogP contribution in [0, 0.1) is 15.9 Å². The largest absolute Gasteiger partial charge is 0.364 e. The van der Waals surface area contributed by atoms with Gasteiger partial charge < -0.3 is 5.32 Å². The van der Waals surface area contributed by atoms with Crippen LogP contribution < -0.4 is 5.32 Å². The summed E-state index contributed by atoms with van der Waals surface area (Å²) < 4.78 is 12.9. The molecule has 6 nitrogen and oxygen atoms in total. The molecule has 0 unspecified atom stereocenters. The minimum atomic E-state index is -0.531. The number of hydrogen-bond acceptors (Lipinski definition) is 5. The smallest absolute Gasteiger partial charge is 0.337 e. The molecule has 2 aromatic rings. The molecule has 0 aliphatic carbocycles. The lowest BCUT2D eigenvalue weighted by Gasteiger charge is -2.07. The number of nitro groups is 1. The molecule has 0 aliphatic rings. The quantitative estimate of drug-likeness (QED) is 0.670. The maximum Gasteiger partial charge on any atom is 0.337 e. The summed E-state index contributed by atoms with van der Waals surface area (Å²) in [5, 5.41) is 14.2. The SMILES string of the molecule is CCCNc1ncnc(-c2ccc(F)cc2)c1[N+](=O)[O-]. The molecule has 0 bridgehead atoms. The molecule has 7 heteroatoms. The number of nitrogens with one attached hydrogen (secondary N) is 1. The van der Waals surface area contributed by atoms with Crippen LogP contribution in [0.4, 0.5) is 15.9 Å². The lowest BCUT2D eigenvalue weighted by molar-refractivity contribution is -0.383. The van der Waals surface area contributed by atoms with Crippen LogP contribution in [0.25, 0.3) is 11.3 Å². The number of aromatic nitrogens is 2. The molecule has 0 aliphatic heterocycles. The molecule has 0 atom stereocenters. The van der Waals surface area contributed by atoms with Crippen LogP contribution >= 0.6 is 0 Å². The summed E-state index contributed by atoms with van der Waals surface area (Å²) in [4.78, 5) is 18.6. The predicted octanol–water partition coefficient (Wildman–Crippen LogP) is 3.01. The van der Waals surface area contributed by atoms with E-state index < -0.39 is 10.7 Å². The summed E-state index contributed by atoms with van der Waals surface area (Å²) in [6.45, 7) is 2.52. The maximum absolute atomic E-state index is 12.9. The maximum atomic E-state index is 12.9. The van der Waals surface area contributed by atoms with Crippen LogP contribution in [0.2, 0.25) is 0 Å².